The van der Waals surface area contributed by atoms with Crippen LogP contribution in [0.1, 0.15) is 49.3 Å². The van der Waals surface area contributed by atoms with Gasteiger partial charge in [-0.25, -0.2) is 4.79 Å². The van der Waals surface area contributed by atoms with E-state index in [2.05, 4.69) is 11.8 Å². The molecule has 2 heterocycles. The van der Waals surface area contributed by atoms with Crippen LogP contribution in [-0.4, -0.2) is 23.1 Å². The minimum Gasteiger partial charge on any atom is -0.507 e. The van der Waals surface area contributed by atoms with Gasteiger partial charge in [0.1, 0.15) is 11.3 Å². The average Bonchev–Trinajstić information content (AvgIpc) is 2.53. The summed E-state index contributed by atoms with van der Waals surface area (Å²) in [4.78, 5) is 14.2. The van der Waals surface area contributed by atoms with E-state index in [0.29, 0.717) is 17.9 Å². The third-order valence-electron chi connectivity index (χ3n) is 4.74. The van der Waals surface area contributed by atoms with Gasteiger partial charge in [-0.05, 0) is 56.5 Å². The Hall–Kier alpha value is -1.52. The Morgan fingerprint density at radius 3 is 2.58 bits per heavy atom. The van der Waals surface area contributed by atoms with E-state index in [1.165, 1.54) is 25.3 Å². The second kappa shape index (κ2) is 8.04. The molecule has 1 fully saturated rings. The molecule has 0 spiro atoms. The lowest BCUT2D eigenvalue weighted by Crippen LogP contribution is -2.29. The lowest BCUT2D eigenvalue weighted by molar-refractivity contribution is 0.218. The highest BCUT2D eigenvalue weighted by molar-refractivity contribution is 5.86. The lowest BCUT2D eigenvalue weighted by atomic mass is 9.98. The number of hydrogen-bond acceptors (Lipinski definition) is 4. The molecule has 1 aliphatic heterocycles. The minimum absolute atomic E-state index is 0. The molecule has 4 nitrogen and oxygen atoms in total. The number of likely N-dealkylation sites (tertiary alicyclic amines) is 1. The van der Waals surface area contributed by atoms with Crippen molar-refractivity contribution in [3.8, 4) is 5.75 Å². The molecular formula is C19H26ClNO3. The van der Waals surface area contributed by atoms with Gasteiger partial charge in [-0.3, -0.25) is 4.90 Å². The minimum atomic E-state index is -0.350. The number of rotatable bonds is 4. The molecule has 1 N–H and O–H groups in total. The first-order valence-electron chi connectivity index (χ1n) is 8.60. The lowest BCUT2D eigenvalue weighted by Gasteiger charge is -2.27. The van der Waals surface area contributed by atoms with Gasteiger partial charge in [0, 0.05) is 18.0 Å². The molecule has 1 aromatic heterocycles. The van der Waals surface area contributed by atoms with E-state index in [0.717, 1.165) is 48.0 Å². The van der Waals surface area contributed by atoms with E-state index in [1.54, 1.807) is 0 Å². The number of halogens is 1. The number of piperidine rings is 1. The van der Waals surface area contributed by atoms with Crippen molar-refractivity contribution in [3.05, 3.63) is 39.2 Å². The van der Waals surface area contributed by atoms with Crippen molar-refractivity contribution < 1.29 is 9.52 Å². The average molecular weight is 352 g/mol. The number of phenolic OH excluding ortho intramolecular Hbond substituents is 1. The van der Waals surface area contributed by atoms with Crippen molar-refractivity contribution in [2.24, 2.45) is 0 Å². The molecule has 1 saturated heterocycles. The maximum absolute atomic E-state index is 11.8. The van der Waals surface area contributed by atoms with Crippen LogP contribution in [0, 0.1) is 6.92 Å². The van der Waals surface area contributed by atoms with Gasteiger partial charge >= 0.3 is 5.63 Å². The highest BCUT2D eigenvalue weighted by Gasteiger charge is 2.20. The molecule has 3 rings (SSSR count). The first-order chi connectivity index (χ1) is 11.1. The second-order valence-corrected chi connectivity index (χ2v) is 6.57. The smallest absolute Gasteiger partial charge is 0.336 e. The van der Waals surface area contributed by atoms with Gasteiger partial charge in [0.05, 0.1) is 5.56 Å². The molecule has 0 radical (unpaired) electrons. The van der Waals surface area contributed by atoms with E-state index in [-0.39, 0.29) is 18.0 Å². The van der Waals surface area contributed by atoms with Gasteiger partial charge < -0.3 is 9.52 Å². The van der Waals surface area contributed by atoms with Crippen LogP contribution in [0.2, 0.25) is 0 Å². The summed E-state index contributed by atoms with van der Waals surface area (Å²) < 4.78 is 5.49. The van der Waals surface area contributed by atoms with Crippen molar-refractivity contribution in [2.75, 3.05) is 13.1 Å². The van der Waals surface area contributed by atoms with Gasteiger partial charge in [-0.2, -0.15) is 0 Å². The Balaban J connectivity index is 0.00000208. The second-order valence-electron chi connectivity index (χ2n) is 6.57. The molecule has 1 aromatic carbocycles. The van der Waals surface area contributed by atoms with Crippen LogP contribution < -0.4 is 5.63 Å². The highest BCUT2D eigenvalue weighted by atomic mass is 35.5. The quantitative estimate of drug-likeness (QED) is 0.840. The summed E-state index contributed by atoms with van der Waals surface area (Å²) in [7, 11) is 0. The predicted molar refractivity (Wildman–Crippen MR) is 99.3 cm³/mol. The normalized spacial score (nSPS) is 15.4. The fourth-order valence-corrected chi connectivity index (χ4v) is 3.51. The van der Waals surface area contributed by atoms with Crippen molar-refractivity contribution in [3.63, 3.8) is 0 Å². The van der Waals surface area contributed by atoms with Crippen LogP contribution in [0.5, 0.6) is 5.75 Å². The highest BCUT2D eigenvalue weighted by Crippen LogP contribution is 2.34. The molecule has 24 heavy (non-hydrogen) atoms. The summed E-state index contributed by atoms with van der Waals surface area (Å²) in [6.45, 7) is 6.75. The first-order valence-corrected chi connectivity index (χ1v) is 8.60. The molecule has 0 unspecified atom stereocenters. The first kappa shape index (κ1) is 18.8. The summed E-state index contributed by atoms with van der Waals surface area (Å²) >= 11 is 0. The Morgan fingerprint density at radius 1 is 1.21 bits per heavy atom. The largest absolute Gasteiger partial charge is 0.507 e. The molecular weight excluding hydrogens is 326 g/mol. The number of phenols is 1. The van der Waals surface area contributed by atoms with Crippen LogP contribution in [0.3, 0.4) is 0 Å². The number of benzene rings is 1. The van der Waals surface area contributed by atoms with E-state index in [9.17, 15) is 9.90 Å². The topological polar surface area (TPSA) is 53.7 Å². The van der Waals surface area contributed by atoms with Gasteiger partial charge in [-0.15, -0.1) is 12.4 Å². The van der Waals surface area contributed by atoms with Crippen LogP contribution in [-0.2, 0) is 13.0 Å². The zero-order valence-corrected chi connectivity index (χ0v) is 15.2. The van der Waals surface area contributed by atoms with Crippen molar-refractivity contribution >= 4 is 23.4 Å². The summed E-state index contributed by atoms with van der Waals surface area (Å²) in [5.74, 6) is 0.304. The molecule has 0 saturated carbocycles. The number of aryl methyl sites for hydroxylation is 2. The van der Waals surface area contributed by atoms with E-state index < -0.39 is 0 Å². The van der Waals surface area contributed by atoms with Gasteiger partial charge in [0.25, 0.3) is 0 Å². The number of hydrogen-bond donors (Lipinski definition) is 1. The van der Waals surface area contributed by atoms with Crippen molar-refractivity contribution in [2.45, 2.75) is 52.5 Å². The summed E-state index contributed by atoms with van der Waals surface area (Å²) in [5.41, 5.74) is 2.83. The maximum Gasteiger partial charge on any atom is 0.336 e. The van der Waals surface area contributed by atoms with Gasteiger partial charge in [0.2, 0.25) is 0 Å². The Kier molecular flexibility index (Phi) is 6.30. The third kappa shape index (κ3) is 3.76. The Labute approximate surface area is 148 Å². The zero-order chi connectivity index (χ0) is 16.4. The molecule has 0 aliphatic carbocycles. The zero-order valence-electron chi connectivity index (χ0n) is 14.4. The molecule has 0 atom stereocenters. The van der Waals surface area contributed by atoms with Crippen LogP contribution in [0.25, 0.3) is 11.0 Å². The van der Waals surface area contributed by atoms with Crippen molar-refractivity contribution in [1.29, 1.82) is 0 Å². The van der Waals surface area contributed by atoms with E-state index in [1.807, 2.05) is 13.0 Å². The fraction of sp³-hybridized carbons (Fsp3) is 0.526. The van der Waals surface area contributed by atoms with Crippen LogP contribution in [0.4, 0.5) is 0 Å². The maximum atomic E-state index is 11.8. The van der Waals surface area contributed by atoms with Crippen molar-refractivity contribution in [1.82, 2.24) is 4.90 Å². The monoisotopic (exact) mass is 351 g/mol. The predicted octanol–water partition coefficient (Wildman–Crippen LogP) is 4.17. The summed E-state index contributed by atoms with van der Waals surface area (Å²) in [6, 6.07) is 3.51. The standard InChI is InChI=1S/C19H25NO3.ClH/c1-3-7-14-11-15-13(2)10-17(21)23-19(15)16(18(14)22)12-20-8-5-4-6-9-20;/h10-11,22H,3-9,12H2,1-2H3;1H. The summed E-state index contributed by atoms with van der Waals surface area (Å²) in [6.07, 6.45) is 5.45. The fourth-order valence-electron chi connectivity index (χ4n) is 3.51. The Morgan fingerprint density at radius 2 is 1.92 bits per heavy atom. The third-order valence-corrected chi connectivity index (χ3v) is 4.74. The molecule has 2 aromatic rings. The van der Waals surface area contributed by atoms with E-state index in [4.69, 9.17) is 4.42 Å². The van der Waals surface area contributed by atoms with Crippen LogP contribution in [0.15, 0.2) is 21.3 Å². The number of fused-ring (bicyclic) bond motifs is 1. The molecule has 1 aliphatic rings. The SMILES string of the molecule is CCCc1cc2c(C)cc(=O)oc2c(CN2CCCCC2)c1O.Cl. The molecule has 0 bridgehead atoms. The molecule has 0 amide bonds. The van der Waals surface area contributed by atoms with Gasteiger partial charge in [0.15, 0.2) is 0 Å². The number of aromatic hydroxyl groups is 1. The summed E-state index contributed by atoms with van der Waals surface area (Å²) in [5, 5.41) is 11.7. The van der Waals surface area contributed by atoms with E-state index >= 15 is 0 Å². The van der Waals surface area contributed by atoms with Gasteiger partial charge in [-0.1, -0.05) is 19.8 Å². The molecule has 132 valence electrons. The molecule has 5 heteroatoms. The van der Waals surface area contributed by atoms with Crippen LogP contribution >= 0.6 is 12.4 Å². The Bertz CT molecular complexity index is 763. The number of nitrogens with zero attached hydrogens (tertiary/aromatic N) is 1.